The normalized spacial score (nSPS) is 14.0. The number of fused-ring (bicyclic) bond motifs is 1. The number of rotatable bonds is 3. The molecule has 0 atom stereocenters. The fraction of sp³-hybridized carbons (Fsp3) is 0.375. The summed E-state index contributed by atoms with van der Waals surface area (Å²) in [5.74, 6) is 0.153. The molecule has 4 nitrogen and oxygen atoms in total. The fourth-order valence-electron chi connectivity index (χ4n) is 2.81. The second kappa shape index (κ2) is 6.31. The van der Waals surface area contributed by atoms with Gasteiger partial charge in [-0.2, -0.15) is 5.10 Å². The van der Waals surface area contributed by atoms with Gasteiger partial charge in [0.25, 0.3) is 0 Å². The van der Waals surface area contributed by atoms with Gasteiger partial charge < -0.3 is 4.90 Å². The molecule has 1 aliphatic heterocycles. The van der Waals surface area contributed by atoms with Gasteiger partial charge in [0.1, 0.15) is 0 Å². The van der Waals surface area contributed by atoms with Crippen molar-refractivity contribution in [3.8, 4) is 0 Å². The Morgan fingerprint density at radius 3 is 2.91 bits per heavy atom. The zero-order chi connectivity index (χ0) is 15.7. The second-order valence-electron chi connectivity index (χ2n) is 5.61. The van der Waals surface area contributed by atoms with E-state index in [0.717, 1.165) is 29.7 Å². The first kappa shape index (κ1) is 15.4. The molecule has 22 heavy (non-hydrogen) atoms. The van der Waals surface area contributed by atoms with Crippen LogP contribution in [0.3, 0.4) is 0 Å². The molecule has 1 aromatic carbocycles. The van der Waals surface area contributed by atoms with Crippen LogP contribution in [-0.2, 0) is 31.2 Å². The average Bonchev–Trinajstić information content (AvgIpc) is 2.90. The summed E-state index contributed by atoms with van der Waals surface area (Å²) in [7, 11) is 1.88. The highest BCUT2D eigenvalue weighted by Gasteiger charge is 2.22. The molecule has 0 fully saturated rings. The molecule has 116 valence electrons. The monoisotopic (exact) mass is 337 g/mol. The predicted octanol–water partition coefficient (Wildman–Crippen LogP) is 3.24. The molecule has 0 aliphatic carbocycles. The molecule has 3 rings (SSSR count). The van der Waals surface area contributed by atoms with E-state index in [1.54, 1.807) is 16.9 Å². The highest BCUT2D eigenvalue weighted by molar-refractivity contribution is 6.35. The van der Waals surface area contributed by atoms with Gasteiger partial charge in [0.05, 0.1) is 6.20 Å². The molecule has 0 saturated carbocycles. The third kappa shape index (κ3) is 3.28. The van der Waals surface area contributed by atoms with Crippen LogP contribution >= 0.6 is 23.2 Å². The van der Waals surface area contributed by atoms with Crippen molar-refractivity contribution in [1.29, 1.82) is 0 Å². The van der Waals surface area contributed by atoms with Crippen molar-refractivity contribution in [2.45, 2.75) is 25.8 Å². The Morgan fingerprint density at radius 2 is 2.18 bits per heavy atom. The van der Waals surface area contributed by atoms with E-state index in [1.165, 1.54) is 0 Å². The van der Waals surface area contributed by atoms with E-state index in [9.17, 15) is 4.79 Å². The quantitative estimate of drug-likeness (QED) is 0.862. The van der Waals surface area contributed by atoms with Gasteiger partial charge in [-0.25, -0.2) is 0 Å². The molecule has 2 aromatic rings. The number of carbonyl (C=O) groups is 1. The SMILES string of the molecule is Cn1cc(CCC(=O)N2CCc3cc(Cl)cc(Cl)c3C2)cn1. The lowest BCUT2D eigenvalue weighted by Gasteiger charge is -2.29. The summed E-state index contributed by atoms with van der Waals surface area (Å²) in [6.07, 6.45) is 5.75. The Labute approximate surface area is 139 Å². The van der Waals surface area contributed by atoms with Crippen molar-refractivity contribution in [1.82, 2.24) is 14.7 Å². The van der Waals surface area contributed by atoms with Crippen molar-refractivity contribution in [3.63, 3.8) is 0 Å². The van der Waals surface area contributed by atoms with Gasteiger partial charge in [0.15, 0.2) is 0 Å². The predicted molar refractivity (Wildman–Crippen MR) is 87.1 cm³/mol. The number of carbonyl (C=O) groups excluding carboxylic acids is 1. The van der Waals surface area contributed by atoms with Crippen molar-refractivity contribution in [2.24, 2.45) is 7.05 Å². The minimum atomic E-state index is 0.153. The maximum Gasteiger partial charge on any atom is 0.223 e. The number of nitrogens with zero attached hydrogens (tertiary/aromatic N) is 3. The Bertz CT molecular complexity index is 711. The van der Waals surface area contributed by atoms with Crippen molar-refractivity contribution in [3.05, 3.63) is 51.3 Å². The summed E-state index contributed by atoms with van der Waals surface area (Å²) < 4.78 is 1.75. The van der Waals surface area contributed by atoms with Crippen molar-refractivity contribution in [2.75, 3.05) is 6.54 Å². The molecular formula is C16H17Cl2N3O. The Kier molecular flexibility index (Phi) is 4.41. The minimum Gasteiger partial charge on any atom is -0.338 e. The van der Waals surface area contributed by atoms with Crippen LogP contribution < -0.4 is 0 Å². The van der Waals surface area contributed by atoms with Crippen LogP contribution in [-0.4, -0.2) is 27.1 Å². The zero-order valence-electron chi connectivity index (χ0n) is 12.4. The van der Waals surface area contributed by atoms with Crippen LogP contribution in [0.25, 0.3) is 0 Å². The average molecular weight is 338 g/mol. The highest BCUT2D eigenvalue weighted by atomic mass is 35.5. The Morgan fingerprint density at radius 1 is 1.36 bits per heavy atom. The first-order chi connectivity index (χ1) is 10.5. The van der Waals surface area contributed by atoms with Crippen LogP contribution in [0.1, 0.15) is 23.1 Å². The Hall–Kier alpha value is -1.52. The number of amides is 1. The highest BCUT2D eigenvalue weighted by Crippen LogP contribution is 2.30. The van der Waals surface area contributed by atoms with E-state index in [-0.39, 0.29) is 5.91 Å². The van der Waals surface area contributed by atoms with Gasteiger partial charge >= 0.3 is 0 Å². The zero-order valence-corrected chi connectivity index (χ0v) is 13.9. The first-order valence-corrected chi connectivity index (χ1v) is 8.00. The van der Waals surface area contributed by atoms with Gasteiger partial charge in [-0.3, -0.25) is 9.48 Å². The maximum atomic E-state index is 12.4. The molecular weight excluding hydrogens is 321 g/mol. The van der Waals surface area contributed by atoms with Gasteiger partial charge in [-0.15, -0.1) is 0 Å². The molecule has 0 radical (unpaired) electrons. The number of hydrogen-bond acceptors (Lipinski definition) is 2. The lowest BCUT2D eigenvalue weighted by molar-refractivity contribution is -0.132. The van der Waals surface area contributed by atoms with Gasteiger partial charge in [-0.05, 0) is 41.7 Å². The number of aromatic nitrogens is 2. The molecule has 1 aromatic heterocycles. The third-order valence-corrected chi connectivity index (χ3v) is 4.55. The van der Waals surface area contributed by atoms with Crippen molar-refractivity contribution < 1.29 is 4.79 Å². The largest absolute Gasteiger partial charge is 0.338 e. The summed E-state index contributed by atoms with van der Waals surface area (Å²) in [6, 6.07) is 3.69. The number of halogens is 2. The molecule has 0 spiro atoms. The Balaban J connectivity index is 1.65. The lowest BCUT2D eigenvalue weighted by Crippen LogP contribution is -2.36. The summed E-state index contributed by atoms with van der Waals surface area (Å²) >= 11 is 12.3. The maximum absolute atomic E-state index is 12.4. The van der Waals surface area contributed by atoms with Crippen LogP contribution in [0.4, 0.5) is 0 Å². The van der Waals surface area contributed by atoms with Gasteiger partial charge in [0.2, 0.25) is 5.91 Å². The minimum absolute atomic E-state index is 0.153. The summed E-state index contributed by atoms with van der Waals surface area (Å²) in [6.45, 7) is 1.28. The van der Waals surface area contributed by atoms with Crippen LogP contribution in [0, 0.1) is 0 Å². The van der Waals surface area contributed by atoms with E-state index in [0.29, 0.717) is 29.4 Å². The summed E-state index contributed by atoms with van der Waals surface area (Å²) in [4.78, 5) is 14.3. The van der Waals surface area contributed by atoms with Crippen LogP contribution in [0.2, 0.25) is 10.0 Å². The smallest absolute Gasteiger partial charge is 0.223 e. The van der Waals surface area contributed by atoms with Gasteiger partial charge in [0, 0.05) is 42.8 Å². The number of hydrogen-bond donors (Lipinski definition) is 0. The third-order valence-electron chi connectivity index (χ3n) is 3.99. The summed E-state index contributed by atoms with van der Waals surface area (Å²) in [5, 5.41) is 5.42. The number of benzene rings is 1. The van der Waals surface area contributed by atoms with E-state index in [1.807, 2.05) is 24.2 Å². The lowest BCUT2D eigenvalue weighted by atomic mass is 9.99. The molecule has 0 unspecified atom stereocenters. The molecule has 6 heteroatoms. The fourth-order valence-corrected chi connectivity index (χ4v) is 3.40. The molecule has 1 aliphatic rings. The standard InChI is InChI=1S/C16H17Cl2N3O/c1-20-9-11(8-19-20)2-3-16(22)21-5-4-12-6-13(17)7-15(18)14(12)10-21/h6-9H,2-5,10H2,1H3. The molecule has 0 N–H and O–H groups in total. The van der Waals surface area contributed by atoms with E-state index >= 15 is 0 Å². The first-order valence-electron chi connectivity index (χ1n) is 7.25. The molecule has 0 saturated heterocycles. The molecule has 1 amide bonds. The summed E-state index contributed by atoms with van der Waals surface area (Å²) in [5.41, 5.74) is 3.25. The van der Waals surface area contributed by atoms with Gasteiger partial charge in [-0.1, -0.05) is 23.2 Å². The van der Waals surface area contributed by atoms with Crippen LogP contribution in [0.15, 0.2) is 24.5 Å². The second-order valence-corrected chi connectivity index (χ2v) is 6.46. The molecule has 2 heterocycles. The van der Waals surface area contributed by atoms with E-state index in [4.69, 9.17) is 23.2 Å². The molecule has 0 bridgehead atoms. The van der Waals surface area contributed by atoms with Crippen LogP contribution in [0.5, 0.6) is 0 Å². The van der Waals surface area contributed by atoms with E-state index < -0.39 is 0 Å². The van der Waals surface area contributed by atoms with E-state index in [2.05, 4.69) is 5.10 Å². The number of aryl methyl sites for hydroxylation is 2. The van der Waals surface area contributed by atoms with Crippen molar-refractivity contribution >= 4 is 29.1 Å². The topological polar surface area (TPSA) is 38.1 Å².